The van der Waals surface area contributed by atoms with Crippen LogP contribution in [0.1, 0.15) is 22.3 Å². The Labute approximate surface area is 185 Å². The molecule has 160 valence electrons. The number of aryl methyl sites for hydroxylation is 3. The van der Waals surface area contributed by atoms with Crippen molar-refractivity contribution in [3.05, 3.63) is 105 Å². The molecule has 4 rings (SSSR count). The third-order valence-corrected chi connectivity index (χ3v) is 5.38. The van der Waals surface area contributed by atoms with E-state index in [9.17, 15) is 19.7 Å². The molecule has 0 saturated heterocycles. The second-order valence-electron chi connectivity index (χ2n) is 7.78. The quantitative estimate of drug-likeness (QED) is 0.355. The molecule has 1 N–H and O–H groups in total. The second-order valence-corrected chi connectivity index (χ2v) is 7.78. The lowest BCUT2D eigenvalue weighted by molar-refractivity contribution is -0.384. The maximum absolute atomic E-state index is 13.5. The van der Waals surface area contributed by atoms with Crippen molar-refractivity contribution in [2.24, 2.45) is 0 Å². The van der Waals surface area contributed by atoms with Crippen LogP contribution >= 0.6 is 0 Å². The highest BCUT2D eigenvalue weighted by Gasteiger charge is 2.41. The van der Waals surface area contributed by atoms with E-state index in [4.69, 9.17) is 0 Å². The van der Waals surface area contributed by atoms with Gasteiger partial charge in [-0.2, -0.15) is 0 Å². The third kappa shape index (κ3) is 3.76. The number of anilines is 2. The number of nitro groups is 1. The zero-order chi connectivity index (χ0) is 23.0. The summed E-state index contributed by atoms with van der Waals surface area (Å²) in [6, 6.07) is 18.7. The van der Waals surface area contributed by atoms with Gasteiger partial charge in [0.15, 0.2) is 0 Å². The molecule has 1 heterocycles. The van der Waals surface area contributed by atoms with Gasteiger partial charge in [-0.25, -0.2) is 4.90 Å². The number of hydrogen-bond donors (Lipinski definition) is 1. The molecular weight excluding hydrogens is 406 g/mol. The summed E-state index contributed by atoms with van der Waals surface area (Å²) in [7, 11) is 0. The molecule has 1 aliphatic rings. The average Bonchev–Trinajstić information content (AvgIpc) is 3.01. The zero-order valence-corrected chi connectivity index (χ0v) is 17.9. The van der Waals surface area contributed by atoms with Gasteiger partial charge in [0.25, 0.3) is 17.5 Å². The molecule has 0 atom stereocenters. The Balaban J connectivity index is 1.84. The van der Waals surface area contributed by atoms with Crippen LogP contribution in [-0.2, 0) is 9.59 Å². The van der Waals surface area contributed by atoms with Crippen LogP contribution in [0, 0.1) is 30.9 Å². The fourth-order valence-corrected chi connectivity index (χ4v) is 3.62. The molecule has 0 spiro atoms. The minimum Gasteiger partial charge on any atom is -0.350 e. The normalized spacial score (nSPS) is 13.7. The maximum atomic E-state index is 13.5. The minimum absolute atomic E-state index is 0.0921. The van der Waals surface area contributed by atoms with Crippen LogP contribution in [0.15, 0.2) is 72.4 Å². The smallest absolute Gasteiger partial charge is 0.282 e. The second kappa shape index (κ2) is 8.11. The SMILES string of the molecule is Cc1ccc(NC2=C(c3ccc([N+](=O)[O-])cc3)C(=O)N(c3cc(C)ccc3C)C2=O)cc1. The van der Waals surface area contributed by atoms with Crippen LogP contribution in [0.5, 0.6) is 0 Å². The summed E-state index contributed by atoms with van der Waals surface area (Å²) >= 11 is 0. The highest BCUT2D eigenvalue weighted by molar-refractivity contribution is 6.46. The van der Waals surface area contributed by atoms with Crippen molar-refractivity contribution in [1.29, 1.82) is 0 Å². The van der Waals surface area contributed by atoms with Gasteiger partial charge in [-0.15, -0.1) is 0 Å². The predicted octanol–water partition coefficient (Wildman–Crippen LogP) is 4.92. The van der Waals surface area contributed by atoms with Crippen molar-refractivity contribution >= 4 is 34.4 Å². The largest absolute Gasteiger partial charge is 0.350 e. The highest BCUT2D eigenvalue weighted by Crippen LogP contribution is 2.36. The van der Waals surface area contributed by atoms with E-state index in [0.717, 1.165) is 21.6 Å². The Kier molecular flexibility index (Phi) is 5.32. The Bertz CT molecular complexity index is 1280. The van der Waals surface area contributed by atoms with Gasteiger partial charge in [0.05, 0.1) is 16.2 Å². The van der Waals surface area contributed by atoms with Gasteiger partial charge < -0.3 is 5.32 Å². The summed E-state index contributed by atoms with van der Waals surface area (Å²) in [6.07, 6.45) is 0. The van der Waals surface area contributed by atoms with Crippen molar-refractivity contribution in [3.63, 3.8) is 0 Å². The van der Waals surface area contributed by atoms with Gasteiger partial charge in [-0.1, -0.05) is 29.8 Å². The first-order valence-corrected chi connectivity index (χ1v) is 10.0. The van der Waals surface area contributed by atoms with Crippen LogP contribution in [0.25, 0.3) is 5.57 Å². The summed E-state index contributed by atoms with van der Waals surface area (Å²) in [6.45, 7) is 5.69. The number of amides is 2. The average molecular weight is 427 g/mol. The van der Waals surface area contributed by atoms with Crippen LogP contribution in [0.4, 0.5) is 17.1 Å². The molecule has 7 heteroatoms. The molecule has 2 amide bonds. The lowest BCUT2D eigenvalue weighted by atomic mass is 10.0. The highest BCUT2D eigenvalue weighted by atomic mass is 16.6. The number of carbonyl (C=O) groups is 2. The molecule has 0 aromatic heterocycles. The van der Waals surface area contributed by atoms with Gasteiger partial charge in [-0.3, -0.25) is 19.7 Å². The van der Waals surface area contributed by atoms with Gasteiger partial charge in [0, 0.05) is 17.8 Å². The van der Waals surface area contributed by atoms with Crippen LogP contribution in [-0.4, -0.2) is 16.7 Å². The molecule has 32 heavy (non-hydrogen) atoms. The standard InChI is InChI=1S/C25H21N3O4/c1-15-5-10-19(11-6-15)26-23-22(18-8-12-20(13-9-18)28(31)32)24(29)27(25(23)30)21-14-16(2)4-7-17(21)3/h4-14,26H,1-3H3. The monoisotopic (exact) mass is 427 g/mol. The van der Waals surface area contributed by atoms with Gasteiger partial charge in [0.1, 0.15) is 5.70 Å². The predicted molar refractivity (Wildman–Crippen MR) is 123 cm³/mol. The number of carbonyl (C=O) groups excluding carboxylic acids is 2. The summed E-state index contributed by atoms with van der Waals surface area (Å²) in [5.74, 6) is -0.954. The molecule has 3 aromatic rings. The Morgan fingerprint density at radius 3 is 2.06 bits per heavy atom. The fraction of sp³-hybridized carbons (Fsp3) is 0.120. The number of non-ortho nitro benzene ring substituents is 1. The van der Waals surface area contributed by atoms with Crippen molar-refractivity contribution in [2.75, 3.05) is 10.2 Å². The van der Waals surface area contributed by atoms with Crippen molar-refractivity contribution in [2.45, 2.75) is 20.8 Å². The van der Waals surface area contributed by atoms with Crippen LogP contribution in [0.3, 0.4) is 0 Å². The molecule has 0 fully saturated rings. The lowest BCUT2D eigenvalue weighted by Crippen LogP contribution is -2.33. The van der Waals surface area contributed by atoms with E-state index in [1.54, 1.807) is 6.07 Å². The van der Waals surface area contributed by atoms with Gasteiger partial charge in [0.2, 0.25) is 0 Å². The van der Waals surface area contributed by atoms with Crippen molar-refractivity contribution in [3.8, 4) is 0 Å². The number of nitro benzene ring substituents is 1. The van der Waals surface area contributed by atoms with E-state index < -0.39 is 16.7 Å². The Morgan fingerprint density at radius 2 is 1.44 bits per heavy atom. The maximum Gasteiger partial charge on any atom is 0.282 e. The first kappa shape index (κ1) is 21.0. The molecule has 0 unspecified atom stereocenters. The molecule has 0 saturated carbocycles. The molecular formula is C25H21N3O4. The summed E-state index contributed by atoms with van der Waals surface area (Å²) < 4.78 is 0. The summed E-state index contributed by atoms with van der Waals surface area (Å²) in [5, 5.41) is 14.1. The molecule has 0 aliphatic carbocycles. The van der Waals surface area contributed by atoms with Gasteiger partial charge >= 0.3 is 0 Å². The number of benzene rings is 3. The number of hydrogen-bond acceptors (Lipinski definition) is 5. The van der Waals surface area contributed by atoms with E-state index in [0.29, 0.717) is 16.9 Å². The van der Waals surface area contributed by atoms with E-state index in [2.05, 4.69) is 5.32 Å². The lowest BCUT2D eigenvalue weighted by Gasteiger charge is -2.18. The number of imide groups is 1. The zero-order valence-electron chi connectivity index (χ0n) is 17.9. The molecule has 0 radical (unpaired) electrons. The first-order chi connectivity index (χ1) is 15.3. The number of rotatable bonds is 5. The fourth-order valence-electron chi connectivity index (χ4n) is 3.62. The minimum atomic E-state index is -0.506. The topological polar surface area (TPSA) is 92.6 Å². The Morgan fingerprint density at radius 1 is 0.812 bits per heavy atom. The number of nitrogens with zero attached hydrogens (tertiary/aromatic N) is 2. The summed E-state index contributed by atoms with van der Waals surface area (Å²) in [4.78, 5) is 38.7. The summed E-state index contributed by atoms with van der Waals surface area (Å²) in [5.41, 5.74) is 4.59. The molecule has 1 aliphatic heterocycles. The van der Waals surface area contributed by atoms with E-state index in [-0.39, 0.29) is 17.0 Å². The molecule has 3 aromatic carbocycles. The van der Waals surface area contributed by atoms with Crippen LogP contribution < -0.4 is 10.2 Å². The van der Waals surface area contributed by atoms with Crippen molar-refractivity contribution < 1.29 is 14.5 Å². The van der Waals surface area contributed by atoms with E-state index >= 15 is 0 Å². The van der Waals surface area contributed by atoms with E-state index in [1.807, 2.05) is 57.2 Å². The van der Waals surface area contributed by atoms with Crippen LogP contribution in [0.2, 0.25) is 0 Å². The van der Waals surface area contributed by atoms with E-state index in [1.165, 1.54) is 24.3 Å². The Hall–Kier alpha value is -4.26. The van der Waals surface area contributed by atoms with Gasteiger partial charge in [-0.05, 0) is 67.8 Å². The first-order valence-electron chi connectivity index (χ1n) is 10.0. The molecule has 7 nitrogen and oxygen atoms in total. The molecule has 0 bridgehead atoms. The number of nitrogens with one attached hydrogen (secondary N) is 1. The van der Waals surface area contributed by atoms with Crippen molar-refractivity contribution in [1.82, 2.24) is 0 Å². The third-order valence-electron chi connectivity index (χ3n) is 5.38.